The normalized spacial score (nSPS) is 11.1. The number of rotatable bonds is 5. The molecule has 2 aromatic carbocycles. The first kappa shape index (κ1) is 17.5. The van der Waals surface area contributed by atoms with Gasteiger partial charge in [-0.05, 0) is 18.2 Å². The van der Waals surface area contributed by atoms with E-state index in [-0.39, 0.29) is 11.5 Å². The van der Waals surface area contributed by atoms with Gasteiger partial charge in [-0.25, -0.2) is 22.0 Å². The average molecular weight is 347 g/mol. The molecule has 0 spiro atoms. The van der Waals surface area contributed by atoms with Crippen molar-refractivity contribution in [1.82, 2.24) is 0 Å². The Morgan fingerprint density at radius 2 is 1.58 bits per heavy atom. The van der Waals surface area contributed by atoms with Crippen LogP contribution in [0.1, 0.15) is 11.1 Å². The molecule has 2 aromatic rings. The van der Waals surface area contributed by atoms with E-state index in [1.807, 2.05) is 0 Å². The minimum Gasteiger partial charge on any atom is -0.504 e. The van der Waals surface area contributed by atoms with Gasteiger partial charge in [-0.15, -0.1) is 0 Å². The Kier molecular flexibility index (Phi) is 5.22. The van der Waals surface area contributed by atoms with E-state index in [0.29, 0.717) is 5.56 Å². The first-order valence-electron chi connectivity index (χ1n) is 6.39. The van der Waals surface area contributed by atoms with Crippen molar-refractivity contribution in [3.8, 4) is 11.5 Å². The topological polar surface area (TPSA) is 51.0 Å². The molecule has 9 heteroatoms. The van der Waals surface area contributed by atoms with Crippen molar-refractivity contribution in [3.63, 3.8) is 0 Å². The highest BCUT2D eigenvalue weighted by atomic mass is 19.2. The van der Waals surface area contributed by atoms with Crippen LogP contribution in [0.4, 0.5) is 22.0 Å². The van der Waals surface area contributed by atoms with E-state index in [0.717, 1.165) is 6.21 Å². The molecule has 0 amide bonds. The monoisotopic (exact) mass is 347 g/mol. The smallest absolute Gasteiger partial charge is 0.200 e. The Labute approximate surface area is 132 Å². The zero-order valence-corrected chi connectivity index (χ0v) is 12.1. The van der Waals surface area contributed by atoms with E-state index in [9.17, 15) is 27.1 Å². The maximum absolute atomic E-state index is 13.4. The van der Waals surface area contributed by atoms with Gasteiger partial charge in [-0.2, -0.15) is 0 Å². The number of aromatic hydroxyl groups is 1. The summed E-state index contributed by atoms with van der Waals surface area (Å²) < 4.78 is 70.5. The molecule has 0 aromatic heterocycles. The molecule has 0 bridgehead atoms. The van der Waals surface area contributed by atoms with Crippen LogP contribution in [0.2, 0.25) is 0 Å². The maximum Gasteiger partial charge on any atom is 0.200 e. The summed E-state index contributed by atoms with van der Waals surface area (Å²) in [6, 6.07) is 4.13. The van der Waals surface area contributed by atoms with Crippen LogP contribution in [-0.4, -0.2) is 18.4 Å². The molecule has 0 heterocycles. The highest BCUT2D eigenvalue weighted by molar-refractivity contribution is 5.80. The highest BCUT2D eigenvalue weighted by Gasteiger charge is 2.25. The molecule has 0 unspecified atom stereocenters. The molecular formula is C15H10F5NO3. The van der Waals surface area contributed by atoms with Gasteiger partial charge in [-0.3, -0.25) is 0 Å². The Hall–Kier alpha value is -2.84. The van der Waals surface area contributed by atoms with E-state index in [2.05, 4.69) is 9.99 Å². The third-order valence-corrected chi connectivity index (χ3v) is 2.99. The second kappa shape index (κ2) is 7.16. The lowest BCUT2D eigenvalue weighted by Crippen LogP contribution is -2.07. The molecule has 2 rings (SSSR count). The van der Waals surface area contributed by atoms with Crippen LogP contribution in [-0.2, 0) is 11.4 Å². The minimum atomic E-state index is -2.24. The molecule has 0 aliphatic rings. The van der Waals surface area contributed by atoms with Gasteiger partial charge >= 0.3 is 0 Å². The van der Waals surface area contributed by atoms with E-state index in [4.69, 9.17) is 4.74 Å². The van der Waals surface area contributed by atoms with E-state index in [1.54, 1.807) is 0 Å². The summed E-state index contributed by atoms with van der Waals surface area (Å²) >= 11 is 0. The summed E-state index contributed by atoms with van der Waals surface area (Å²) in [5, 5.41) is 12.8. The standard InChI is InChI=1S/C15H10F5NO3/c1-23-10-4-7(2-3-9(10)22)5-21-24-6-8-11(16)13(18)15(20)14(19)12(8)17/h2-5,22H,6H2,1H3/b21-5+. The summed E-state index contributed by atoms with van der Waals surface area (Å²) in [6.07, 6.45) is 1.11. The average Bonchev–Trinajstić information content (AvgIpc) is 2.58. The number of phenols is 1. The van der Waals surface area contributed by atoms with Crippen LogP contribution in [0.5, 0.6) is 11.5 Å². The van der Waals surface area contributed by atoms with Crippen LogP contribution in [0.15, 0.2) is 23.4 Å². The highest BCUT2D eigenvalue weighted by Crippen LogP contribution is 2.26. The Morgan fingerprint density at radius 3 is 2.17 bits per heavy atom. The summed E-state index contributed by atoms with van der Waals surface area (Å²) in [5.74, 6) is -10.3. The van der Waals surface area contributed by atoms with E-state index < -0.39 is 41.3 Å². The van der Waals surface area contributed by atoms with Gasteiger partial charge in [0.1, 0.15) is 6.61 Å². The van der Waals surface area contributed by atoms with E-state index in [1.165, 1.54) is 25.3 Å². The Balaban J connectivity index is 2.13. The lowest BCUT2D eigenvalue weighted by Gasteiger charge is -2.07. The molecule has 0 atom stereocenters. The molecule has 128 valence electrons. The van der Waals surface area contributed by atoms with Crippen LogP contribution in [0, 0.1) is 29.1 Å². The molecule has 0 saturated heterocycles. The maximum atomic E-state index is 13.4. The predicted octanol–water partition coefficient (Wildman–Crippen LogP) is 3.65. The van der Waals surface area contributed by atoms with Crippen molar-refractivity contribution in [2.45, 2.75) is 6.61 Å². The molecule has 4 nitrogen and oxygen atoms in total. The number of ether oxygens (including phenoxy) is 1. The molecule has 0 saturated carbocycles. The van der Waals surface area contributed by atoms with Gasteiger partial charge in [0.15, 0.2) is 34.8 Å². The van der Waals surface area contributed by atoms with Gasteiger partial charge in [-0.1, -0.05) is 5.16 Å². The number of methoxy groups -OCH3 is 1. The molecule has 0 radical (unpaired) electrons. The van der Waals surface area contributed by atoms with Crippen molar-refractivity contribution < 1.29 is 36.6 Å². The van der Waals surface area contributed by atoms with Crippen LogP contribution < -0.4 is 4.74 Å². The van der Waals surface area contributed by atoms with Crippen molar-refractivity contribution in [2.75, 3.05) is 7.11 Å². The lowest BCUT2D eigenvalue weighted by atomic mass is 10.2. The summed E-state index contributed by atoms with van der Waals surface area (Å²) in [5.41, 5.74) is -0.728. The molecule has 24 heavy (non-hydrogen) atoms. The zero-order valence-electron chi connectivity index (χ0n) is 12.1. The summed E-state index contributed by atoms with van der Waals surface area (Å²) in [6.45, 7) is -0.961. The summed E-state index contributed by atoms with van der Waals surface area (Å²) in [7, 11) is 1.33. The van der Waals surface area contributed by atoms with Gasteiger partial charge in [0, 0.05) is 5.56 Å². The SMILES string of the molecule is COc1cc(/C=N/OCc2c(F)c(F)c(F)c(F)c2F)ccc1O. The van der Waals surface area contributed by atoms with Crippen LogP contribution in [0.3, 0.4) is 0 Å². The fourth-order valence-corrected chi connectivity index (χ4v) is 1.75. The molecular weight excluding hydrogens is 337 g/mol. The molecule has 0 aliphatic carbocycles. The Morgan fingerprint density at radius 1 is 1.00 bits per heavy atom. The molecule has 0 aliphatic heterocycles. The number of halogens is 5. The van der Waals surface area contributed by atoms with Gasteiger partial charge in [0.2, 0.25) is 5.82 Å². The fraction of sp³-hybridized carbons (Fsp3) is 0.133. The first-order chi connectivity index (χ1) is 11.4. The number of nitrogens with zero attached hydrogens (tertiary/aromatic N) is 1. The van der Waals surface area contributed by atoms with Gasteiger partial charge < -0.3 is 14.7 Å². The zero-order chi connectivity index (χ0) is 17.9. The van der Waals surface area contributed by atoms with Crippen LogP contribution >= 0.6 is 0 Å². The second-order valence-electron chi connectivity index (χ2n) is 4.49. The van der Waals surface area contributed by atoms with Crippen molar-refractivity contribution in [2.24, 2.45) is 5.16 Å². The number of benzene rings is 2. The predicted molar refractivity (Wildman–Crippen MR) is 73.3 cm³/mol. The first-order valence-corrected chi connectivity index (χ1v) is 6.39. The van der Waals surface area contributed by atoms with Gasteiger partial charge in [0.25, 0.3) is 0 Å². The fourth-order valence-electron chi connectivity index (χ4n) is 1.75. The number of hydrogen-bond donors (Lipinski definition) is 1. The van der Waals surface area contributed by atoms with Crippen molar-refractivity contribution >= 4 is 6.21 Å². The van der Waals surface area contributed by atoms with Gasteiger partial charge in [0.05, 0.1) is 18.9 Å². The number of oxime groups is 1. The lowest BCUT2D eigenvalue weighted by molar-refractivity contribution is 0.124. The second-order valence-corrected chi connectivity index (χ2v) is 4.49. The van der Waals surface area contributed by atoms with Crippen molar-refractivity contribution in [3.05, 3.63) is 58.4 Å². The van der Waals surface area contributed by atoms with Crippen molar-refractivity contribution in [1.29, 1.82) is 0 Å². The largest absolute Gasteiger partial charge is 0.504 e. The molecule has 0 fully saturated rings. The van der Waals surface area contributed by atoms with Crippen LogP contribution in [0.25, 0.3) is 0 Å². The third-order valence-electron chi connectivity index (χ3n) is 2.99. The summed E-state index contributed by atoms with van der Waals surface area (Å²) in [4.78, 5) is 4.57. The van der Waals surface area contributed by atoms with E-state index >= 15 is 0 Å². The number of hydrogen-bond acceptors (Lipinski definition) is 4. The third kappa shape index (κ3) is 3.39. The number of phenolic OH excluding ortho intramolecular Hbond substituents is 1. The quantitative estimate of drug-likeness (QED) is 0.295. The molecule has 1 N–H and O–H groups in total. The minimum absolute atomic E-state index is 0.114. The Bertz CT molecular complexity index is 766.